The molecule has 0 aliphatic carbocycles. The maximum Gasteiger partial charge on any atom is 0.312 e. The summed E-state index contributed by atoms with van der Waals surface area (Å²) in [6.07, 6.45) is 1.73. The van der Waals surface area contributed by atoms with Gasteiger partial charge in [0.15, 0.2) is 0 Å². The number of aromatic nitrogens is 1. The van der Waals surface area contributed by atoms with Crippen molar-refractivity contribution in [2.75, 3.05) is 7.11 Å². The normalized spacial score (nSPS) is 11.9. The zero-order valence-corrected chi connectivity index (χ0v) is 10.5. The summed E-state index contributed by atoms with van der Waals surface area (Å²) in [5, 5.41) is 0. The molecule has 1 atom stereocenters. The topological polar surface area (TPSA) is 39.2 Å². The van der Waals surface area contributed by atoms with Crippen LogP contribution in [0, 0.1) is 0 Å². The summed E-state index contributed by atoms with van der Waals surface area (Å²) < 4.78 is 4.71. The lowest BCUT2D eigenvalue weighted by Crippen LogP contribution is -2.10. The Hall–Kier alpha value is -2.16. The van der Waals surface area contributed by atoms with Crippen molar-refractivity contribution in [1.82, 2.24) is 4.98 Å². The number of carbonyl (C=O) groups excluding carboxylic acids is 1. The lowest BCUT2D eigenvalue weighted by Gasteiger charge is -2.09. The van der Waals surface area contributed by atoms with E-state index >= 15 is 0 Å². The van der Waals surface area contributed by atoms with Crippen LogP contribution in [0.4, 0.5) is 0 Å². The van der Waals surface area contributed by atoms with Crippen LogP contribution in [0.5, 0.6) is 0 Å². The van der Waals surface area contributed by atoms with Gasteiger partial charge >= 0.3 is 5.97 Å². The van der Waals surface area contributed by atoms with Gasteiger partial charge in [-0.05, 0) is 18.6 Å². The summed E-state index contributed by atoms with van der Waals surface area (Å²) in [4.78, 5) is 15.8. The third-order valence-electron chi connectivity index (χ3n) is 2.91. The Balaban J connectivity index is 2.23. The van der Waals surface area contributed by atoms with Gasteiger partial charge in [-0.15, -0.1) is 0 Å². The SMILES string of the molecule is COC(=O)C(C)c1ccc(-c2ccccc2)nc1. The molecule has 0 fully saturated rings. The van der Waals surface area contributed by atoms with E-state index in [-0.39, 0.29) is 11.9 Å². The highest BCUT2D eigenvalue weighted by Gasteiger charge is 2.15. The predicted octanol–water partition coefficient (Wildman–Crippen LogP) is 3.03. The molecule has 1 aromatic heterocycles. The molecule has 0 N–H and O–H groups in total. The number of rotatable bonds is 3. The molecule has 0 bridgehead atoms. The molecule has 18 heavy (non-hydrogen) atoms. The summed E-state index contributed by atoms with van der Waals surface area (Å²) in [6, 6.07) is 13.8. The molecule has 0 amide bonds. The summed E-state index contributed by atoms with van der Waals surface area (Å²) in [6.45, 7) is 1.81. The Bertz CT molecular complexity index is 520. The number of nitrogens with zero attached hydrogens (tertiary/aromatic N) is 1. The third kappa shape index (κ3) is 2.56. The molecule has 92 valence electrons. The molecule has 1 heterocycles. The van der Waals surface area contributed by atoms with Crippen LogP contribution in [0.15, 0.2) is 48.7 Å². The summed E-state index contributed by atoms with van der Waals surface area (Å²) >= 11 is 0. The molecule has 0 radical (unpaired) electrons. The molecule has 3 heteroatoms. The summed E-state index contributed by atoms with van der Waals surface area (Å²) in [5.41, 5.74) is 2.83. The van der Waals surface area contributed by atoms with E-state index in [1.54, 1.807) is 6.20 Å². The molecular weight excluding hydrogens is 226 g/mol. The smallest absolute Gasteiger partial charge is 0.312 e. The number of benzene rings is 1. The molecule has 2 rings (SSSR count). The van der Waals surface area contributed by atoms with Crippen molar-refractivity contribution in [2.45, 2.75) is 12.8 Å². The molecular formula is C15H15NO2. The third-order valence-corrected chi connectivity index (χ3v) is 2.91. The lowest BCUT2D eigenvalue weighted by atomic mass is 10.0. The highest BCUT2D eigenvalue weighted by molar-refractivity contribution is 5.77. The Morgan fingerprint density at radius 2 is 1.89 bits per heavy atom. The molecule has 0 saturated heterocycles. The zero-order chi connectivity index (χ0) is 13.0. The first-order chi connectivity index (χ1) is 8.72. The van der Waals surface area contributed by atoms with Gasteiger partial charge in [0.25, 0.3) is 0 Å². The average molecular weight is 241 g/mol. The number of carbonyl (C=O) groups is 1. The Morgan fingerprint density at radius 1 is 1.17 bits per heavy atom. The molecule has 0 aliphatic rings. The van der Waals surface area contributed by atoms with Gasteiger partial charge in [-0.25, -0.2) is 0 Å². The fourth-order valence-electron chi connectivity index (χ4n) is 1.75. The predicted molar refractivity (Wildman–Crippen MR) is 70.1 cm³/mol. The number of pyridine rings is 1. The van der Waals surface area contributed by atoms with Crippen molar-refractivity contribution >= 4 is 5.97 Å². The molecule has 1 unspecified atom stereocenters. The first kappa shape index (κ1) is 12.3. The number of methoxy groups -OCH3 is 1. The minimum absolute atomic E-state index is 0.246. The molecule has 0 saturated carbocycles. The molecule has 0 spiro atoms. The van der Waals surface area contributed by atoms with Crippen LogP contribution in [0.1, 0.15) is 18.4 Å². The van der Waals surface area contributed by atoms with Crippen molar-refractivity contribution in [1.29, 1.82) is 0 Å². The van der Waals surface area contributed by atoms with E-state index in [0.29, 0.717) is 0 Å². The van der Waals surface area contributed by atoms with Crippen LogP contribution in [-0.2, 0) is 9.53 Å². The Morgan fingerprint density at radius 3 is 2.44 bits per heavy atom. The van der Waals surface area contributed by atoms with Gasteiger partial charge in [0, 0.05) is 11.8 Å². The number of ether oxygens (including phenoxy) is 1. The Labute approximate surface area is 106 Å². The largest absolute Gasteiger partial charge is 0.469 e. The fraction of sp³-hybridized carbons (Fsp3) is 0.200. The molecule has 2 aromatic rings. The van der Waals surface area contributed by atoms with Gasteiger partial charge in [0.05, 0.1) is 18.7 Å². The van der Waals surface area contributed by atoms with Gasteiger partial charge in [0.2, 0.25) is 0 Å². The zero-order valence-electron chi connectivity index (χ0n) is 10.5. The van der Waals surface area contributed by atoms with Crippen LogP contribution < -0.4 is 0 Å². The maximum absolute atomic E-state index is 11.4. The van der Waals surface area contributed by atoms with Crippen LogP contribution in [0.3, 0.4) is 0 Å². The van der Waals surface area contributed by atoms with E-state index in [1.807, 2.05) is 49.4 Å². The second-order valence-electron chi connectivity index (χ2n) is 4.09. The first-order valence-corrected chi connectivity index (χ1v) is 5.81. The fourth-order valence-corrected chi connectivity index (χ4v) is 1.75. The highest BCUT2D eigenvalue weighted by atomic mass is 16.5. The lowest BCUT2D eigenvalue weighted by molar-refractivity contribution is -0.142. The van der Waals surface area contributed by atoms with E-state index in [9.17, 15) is 4.79 Å². The van der Waals surface area contributed by atoms with E-state index < -0.39 is 0 Å². The van der Waals surface area contributed by atoms with Crippen molar-refractivity contribution in [3.05, 3.63) is 54.2 Å². The van der Waals surface area contributed by atoms with Gasteiger partial charge in [-0.2, -0.15) is 0 Å². The average Bonchev–Trinajstić information content (AvgIpc) is 2.47. The first-order valence-electron chi connectivity index (χ1n) is 5.81. The van der Waals surface area contributed by atoms with E-state index in [4.69, 9.17) is 4.74 Å². The maximum atomic E-state index is 11.4. The number of hydrogen-bond acceptors (Lipinski definition) is 3. The monoisotopic (exact) mass is 241 g/mol. The van der Waals surface area contributed by atoms with Crippen molar-refractivity contribution in [3.63, 3.8) is 0 Å². The van der Waals surface area contributed by atoms with E-state index in [1.165, 1.54) is 7.11 Å². The summed E-state index contributed by atoms with van der Waals surface area (Å²) in [5.74, 6) is -0.531. The second-order valence-corrected chi connectivity index (χ2v) is 4.09. The van der Waals surface area contributed by atoms with E-state index in [2.05, 4.69) is 4.98 Å². The quantitative estimate of drug-likeness (QED) is 0.775. The van der Waals surface area contributed by atoms with Crippen molar-refractivity contribution in [2.24, 2.45) is 0 Å². The van der Waals surface area contributed by atoms with Crippen LogP contribution >= 0.6 is 0 Å². The number of hydrogen-bond donors (Lipinski definition) is 0. The standard InChI is InChI=1S/C15H15NO2/c1-11(15(17)18-2)13-8-9-14(16-10-13)12-6-4-3-5-7-12/h3-11H,1-2H3. The molecule has 1 aromatic carbocycles. The van der Waals surface area contributed by atoms with Crippen LogP contribution in [0.2, 0.25) is 0 Å². The van der Waals surface area contributed by atoms with Gasteiger partial charge in [-0.3, -0.25) is 9.78 Å². The highest BCUT2D eigenvalue weighted by Crippen LogP contribution is 2.20. The van der Waals surface area contributed by atoms with E-state index in [0.717, 1.165) is 16.8 Å². The van der Waals surface area contributed by atoms with Crippen molar-refractivity contribution < 1.29 is 9.53 Å². The second kappa shape index (κ2) is 5.45. The van der Waals surface area contributed by atoms with Gasteiger partial charge in [0.1, 0.15) is 0 Å². The van der Waals surface area contributed by atoms with Crippen LogP contribution in [-0.4, -0.2) is 18.1 Å². The van der Waals surface area contributed by atoms with Gasteiger partial charge in [-0.1, -0.05) is 36.4 Å². The minimum atomic E-state index is -0.285. The minimum Gasteiger partial charge on any atom is -0.469 e. The summed E-state index contributed by atoms with van der Waals surface area (Å²) in [7, 11) is 1.39. The van der Waals surface area contributed by atoms with Crippen molar-refractivity contribution in [3.8, 4) is 11.3 Å². The van der Waals surface area contributed by atoms with Gasteiger partial charge < -0.3 is 4.74 Å². The molecule has 3 nitrogen and oxygen atoms in total. The molecule has 0 aliphatic heterocycles. The van der Waals surface area contributed by atoms with Crippen LogP contribution in [0.25, 0.3) is 11.3 Å². The number of esters is 1. The Kier molecular flexibility index (Phi) is 3.72.